The number of H-pyrrole nitrogens is 1. The van der Waals surface area contributed by atoms with E-state index in [4.69, 9.17) is 10.5 Å². The summed E-state index contributed by atoms with van der Waals surface area (Å²) in [7, 11) is 1.74. The molecule has 0 saturated heterocycles. The topological polar surface area (TPSA) is 112 Å². The Morgan fingerprint density at radius 3 is 2.69 bits per heavy atom. The van der Waals surface area contributed by atoms with Gasteiger partial charge in [0.1, 0.15) is 5.65 Å². The Morgan fingerprint density at radius 2 is 2.04 bits per heavy atom. The number of nitrogens with one attached hydrogen (secondary N) is 1. The summed E-state index contributed by atoms with van der Waals surface area (Å²) in [5.41, 5.74) is 8.52. The summed E-state index contributed by atoms with van der Waals surface area (Å²) < 4.78 is 7.27. The Labute approximate surface area is 150 Å². The number of hydrogen-bond acceptors (Lipinski definition) is 6. The molecule has 8 heteroatoms. The second-order valence-corrected chi connectivity index (χ2v) is 6.79. The first kappa shape index (κ1) is 16.7. The van der Waals surface area contributed by atoms with E-state index in [2.05, 4.69) is 20.2 Å². The van der Waals surface area contributed by atoms with E-state index in [9.17, 15) is 4.79 Å². The summed E-state index contributed by atoms with van der Waals surface area (Å²) in [5, 5.41) is 7.59. The van der Waals surface area contributed by atoms with Crippen molar-refractivity contribution >= 4 is 17.0 Å². The fraction of sp³-hybridized carbons (Fsp3) is 0.444. The minimum absolute atomic E-state index is 0.0666. The zero-order valence-electron chi connectivity index (χ0n) is 14.9. The van der Waals surface area contributed by atoms with Crippen LogP contribution in [0.15, 0.2) is 23.3 Å². The molecule has 0 amide bonds. The number of nitrogen functional groups attached to an aromatic ring is 1. The lowest BCUT2D eigenvalue weighted by molar-refractivity contribution is 0.0585. The molecule has 26 heavy (non-hydrogen) atoms. The minimum Gasteiger partial charge on any atom is -0.381 e. The number of hydrogen-bond donors (Lipinski definition) is 2. The fourth-order valence-corrected chi connectivity index (χ4v) is 3.86. The number of nitrogens with two attached hydrogens (primary N) is 1. The molecule has 3 N–H and O–H groups in total. The van der Waals surface area contributed by atoms with Crippen molar-refractivity contribution in [2.45, 2.75) is 44.8 Å². The normalized spacial score (nSPS) is 20.5. The first-order valence-electron chi connectivity index (χ1n) is 8.79. The molecule has 1 fully saturated rings. The van der Waals surface area contributed by atoms with Crippen molar-refractivity contribution in [1.82, 2.24) is 24.7 Å². The maximum atomic E-state index is 13.3. The van der Waals surface area contributed by atoms with Crippen LogP contribution in [0.2, 0.25) is 0 Å². The molecular weight excluding hydrogens is 332 g/mol. The first-order valence-corrected chi connectivity index (χ1v) is 8.79. The average molecular weight is 354 g/mol. The van der Waals surface area contributed by atoms with Crippen LogP contribution in [-0.2, 0) is 4.74 Å². The fourth-order valence-electron chi connectivity index (χ4n) is 3.86. The zero-order valence-corrected chi connectivity index (χ0v) is 14.9. The molecular formula is C18H22N6O2. The predicted octanol–water partition coefficient (Wildman–Crippen LogP) is 2.20. The molecule has 136 valence electrons. The lowest BCUT2D eigenvalue weighted by Gasteiger charge is -2.30. The molecule has 3 aromatic rings. The van der Waals surface area contributed by atoms with E-state index < -0.39 is 0 Å². The van der Waals surface area contributed by atoms with E-state index >= 15 is 0 Å². The van der Waals surface area contributed by atoms with Crippen molar-refractivity contribution in [2.24, 2.45) is 0 Å². The van der Waals surface area contributed by atoms with Gasteiger partial charge in [-0.25, -0.2) is 4.98 Å². The number of anilines is 1. The van der Waals surface area contributed by atoms with Gasteiger partial charge in [0, 0.05) is 30.3 Å². The Balaban J connectivity index is 1.94. The molecule has 0 aromatic carbocycles. The molecule has 4 rings (SSSR count). The number of fused-ring (bicyclic) bond motifs is 1. The van der Waals surface area contributed by atoms with Crippen molar-refractivity contribution in [3.8, 4) is 11.1 Å². The number of ether oxygens (including phenoxy) is 1. The van der Waals surface area contributed by atoms with Gasteiger partial charge >= 0.3 is 0 Å². The highest BCUT2D eigenvalue weighted by molar-refractivity contribution is 5.83. The molecule has 1 saturated carbocycles. The molecule has 1 aliphatic carbocycles. The lowest BCUT2D eigenvalue weighted by Crippen LogP contribution is -2.31. The molecule has 0 spiro atoms. The average Bonchev–Trinajstić information content (AvgIpc) is 3.16. The van der Waals surface area contributed by atoms with Gasteiger partial charge in [-0.2, -0.15) is 10.1 Å². The van der Waals surface area contributed by atoms with Gasteiger partial charge in [0.15, 0.2) is 0 Å². The number of nitrogens with zero attached hydrogens (tertiary/aromatic N) is 4. The summed E-state index contributed by atoms with van der Waals surface area (Å²) in [6.45, 7) is 1.89. The third-order valence-corrected chi connectivity index (χ3v) is 5.25. The monoisotopic (exact) mass is 354 g/mol. The van der Waals surface area contributed by atoms with E-state index in [1.807, 2.05) is 13.0 Å². The van der Waals surface area contributed by atoms with E-state index in [-0.39, 0.29) is 23.7 Å². The number of aromatic amines is 1. The smallest absolute Gasteiger partial charge is 0.260 e. The van der Waals surface area contributed by atoms with Gasteiger partial charge in [0.2, 0.25) is 5.95 Å². The van der Waals surface area contributed by atoms with Gasteiger partial charge in [-0.15, -0.1) is 0 Å². The Morgan fingerprint density at radius 1 is 1.27 bits per heavy atom. The van der Waals surface area contributed by atoms with E-state index in [0.717, 1.165) is 42.3 Å². The van der Waals surface area contributed by atoms with E-state index in [1.165, 1.54) is 0 Å². The van der Waals surface area contributed by atoms with Gasteiger partial charge in [0.25, 0.3) is 5.56 Å². The zero-order chi connectivity index (χ0) is 18.3. The molecule has 0 aliphatic heterocycles. The largest absolute Gasteiger partial charge is 0.381 e. The lowest BCUT2D eigenvalue weighted by atomic mass is 9.92. The second-order valence-electron chi connectivity index (χ2n) is 6.79. The van der Waals surface area contributed by atoms with Crippen molar-refractivity contribution in [1.29, 1.82) is 0 Å². The standard InChI is InChI=1S/C18H22N6O2/c1-10-14-7-15(11-8-20-21-9-11)17(25)24(16(14)23-18(19)22-10)12-3-5-13(26-2)6-4-12/h7-9,12-13H,3-6H2,1-2H3,(H,20,21)(H2,19,22,23). The van der Waals surface area contributed by atoms with Crippen molar-refractivity contribution in [2.75, 3.05) is 12.8 Å². The summed E-state index contributed by atoms with van der Waals surface area (Å²) in [4.78, 5) is 22.0. The van der Waals surface area contributed by atoms with Crippen LogP contribution >= 0.6 is 0 Å². The predicted molar refractivity (Wildman–Crippen MR) is 98.8 cm³/mol. The third kappa shape index (κ3) is 2.76. The van der Waals surface area contributed by atoms with Crippen molar-refractivity contribution in [3.63, 3.8) is 0 Å². The Hall–Kier alpha value is -2.74. The molecule has 1 aliphatic rings. The van der Waals surface area contributed by atoms with Gasteiger partial charge in [-0.05, 0) is 38.7 Å². The van der Waals surface area contributed by atoms with E-state index in [1.54, 1.807) is 24.1 Å². The van der Waals surface area contributed by atoms with Crippen LogP contribution in [0, 0.1) is 6.92 Å². The van der Waals surface area contributed by atoms with Crippen LogP contribution in [-0.4, -0.2) is 37.9 Å². The molecule has 3 aromatic heterocycles. The van der Waals surface area contributed by atoms with Crippen LogP contribution < -0.4 is 11.3 Å². The van der Waals surface area contributed by atoms with Crippen LogP contribution in [0.4, 0.5) is 5.95 Å². The Kier molecular flexibility index (Phi) is 4.20. The highest BCUT2D eigenvalue weighted by atomic mass is 16.5. The van der Waals surface area contributed by atoms with Crippen LogP contribution in [0.1, 0.15) is 37.4 Å². The van der Waals surface area contributed by atoms with Gasteiger partial charge in [0.05, 0.1) is 23.6 Å². The number of rotatable bonds is 3. The molecule has 0 bridgehead atoms. The number of pyridine rings is 1. The molecule has 0 atom stereocenters. The van der Waals surface area contributed by atoms with Crippen LogP contribution in [0.5, 0.6) is 0 Å². The molecule has 3 heterocycles. The highest BCUT2D eigenvalue weighted by Crippen LogP contribution is 2.32. The van der Waals surface area contributed by atoms with Crippen molar-refractivity contribution in [3.05, 3.63) is 34.5 Å². The minimum atomic E-state index is -0.0720. The van der Waals surface area contributed by atoms with Crippen LogP contribution in [0.25, 0.3) is 22.2 Å². The van der Waals surface area contributed by atoms with Gasteiger partial charge < -0.3 is 10.5 Å². The number of methoxy groups -OCH3 is 1. The maximum absolute atomic E-state index is 13.3. The van der Waals surface area contributed by atoms with Crippen LogP contribution in [0.3, 0.4) is 0 Å². The number of aromatic nitrogens is 5. The van der Waals surface area contributed by atoms with Gasteiger partial charge in [-0.1, -0.05) is 0 Å². The molecule has 0 radical (unpaired) electrons. The van der Waals surface area contributed by atoms with Gasteiger partial charge in [-0.3, -0.25) is 14.5 Å². The second kappa shape index (κ2) is 6.53. The summed E-state index contributed by atoms with van der Waals surface area (Å²) >= 11 is 0. The third-order valence-electron chi connectivity index (χ3n) is 5.25. The highest BCUT2D eigenvalue weighted by Gasteiger charge is 2.26. The molecule has 8 nitrogen and oxygen atoms in total. The van der Waals surface area contributed by atoms with Crippen molar-refractivity contribution < 1.29 is 4.74 Å². The maximum Gasteiger partial charge on any atom is 0.260 e. The summed E-state index contributed by atoms with van der Waals surface area (Å²) in [5.74, 6) is 0.185. The number of aryl methyl sites for hydroxylation is 1. The summed E-state index contributed by atoms with van der Waals surface area (Å²) in [6.07, 6.45) is 7.21. The van der Waals surface area contributed by atoms with E-state index in [0.29, 0.717) is 11.2 Å². The quantitative estimate of drug-likeness (QED) is 0.746. The summed E-state index contributed by atoms with van der Waals surface area (Å²) in [6, 6.07) is 1.91. The molecule has 0 unspecified atom stereocenters. The SMILES string of the molecule is COC1CCC(n2c(=O)c(-c3cn[nH]c3)cc3c(C)nc(N)nc32)CC1. The first-order chi connectivity index (χ1) is 12.6. The Bertz CT molecular complexity index is 987.